The van der Waals surface area contributed by atoms with Gasteiger partial charge in [0.2, 0.25) is 0 Å². The first-order valence-electron chi connectivity index (χ1n) is 14.7. The summed E-state index contributed by atoms with van der Waals surface area (Å²) in [6.07, 6.45) is 0. The number of benzene rings is 7. The number of hydrogen-bond donors (Lipinski definition) is 0. The molecule has 0 radical (unpaired) electrons. The second-order valence-corrected chi connectivity index (χ2v) is 10.6. The summed E-state index contributed by atoms with van der Waals surface area (Å²) in [6, 6.07) is 67.1. The molecule has 0 bridgehead atoms. The van der Waals surface area contributed by atoms with Gasteiger partial charge in [-0.25, -0.2) is 0 Å². The van der Waals surface area contributed by atoms with E-state index in [4.69, 9.17) is 0 Å². The second-order valence-electron chi connectivity index (χ2n) is 10.6. The average Bonchev–Trinajstić information content (AvgIpc) is 3.10. The van der Waals surface area contributed by atoms with Crippen molar-refractivity contribution in [3.05, 3.63) is 188 Å². The van der Waals surface area contributed by atoms with Gasteiger partial charge in [0.05, 0.1) is 5.69 Å². The summed E-state index contributed by atoms with van der Waals surface area (Å²) >= 11 is 0. The summed E-state index contributed by atoms with van der Waals surface area (Å²) in [5.74, 6) is 0. The van der Waals surface area contributed by atoms with Gasteiger partial charge in [-0.05, 0) is 75.3 Å². The zero-order chi connectivity index (χ0) is 28.8. The molecule has 7 rings (SSSR count). The number of nitrogens with zero attached hydrogens (tertiary/aromatic N) is 1. The normalized spacial score (nSPS) is 10.8. The van der Waals surface area contributed by atoms with Crippen LogP contribution in [0.5, 0.6) is 0 Å². The van der Waals surface area contributed by atoms with E-state index in [0.717, 1.165) is 17.1 Å². The molecule has 0 spiro atoms. The Labute approximate surface area is 254 Å². The molecule has 0 fully saturated rings. The predicted octanol–water partition coefficient (Wildman–Crippen LogP) is 11.8. The number of rotatable bonds is 7. The van der Waals surface area contributed by atoms with Crippen LogP contribution in [0.4, 0.5) is 17.1 Å². The average molecular weight is 550 g/mol. The van der Waals surface area contributed by atoms with Gasteiger partial charge >= 0.3 is 0 Å². The van der Waals surface area contributed by atoms with Gasteiger partial charge < -0.3 is 4.90 Å². The molecule has 43 heavy (non-hydrogen) atoms. The molecule has 204 valence electrons. The molecule has 7 aromatic rings. The topological polar surface area (TPSA) is 3.24 Å². The summed E-state index contributed by atoms with van der Waals surface area (Å²) < 4.78 is 0. The quantitative estimate of drug-likeness (QED) is 0.191. The van der Waals surface area contributed by atoms with E-state index in [1.807, 2.05) is 0 Å². The fourth-order valence-electron chi connectivity index (χ4n) is 5.75. The Bertz CT molecular complexity index is 1890. The van der Waals surface area contributed by atoms with Gasteiger partial charge in [-0.2, -0.15) is 0 Å². The van der Waals surface area contributed by atoms with Gasteiger partial charge in [0, 0.05) is 16.9 Å². The molecule has 0 N–H and O–H groups in total. The molecule has 0 aliphatic rings. The first kappa shape index (κ1) is 26.3. The highest BCUT2D eigenvalue weighted by Crippen LogP contribution is 2.44. The smallest absolute Gasteiger partial charge is 0.0540 e. The van der Waals surface area contributed by atoms with Crippen molar-refractivity contribution in [2.24, 2.45) is 0 Å². The van der Waals surface area contributed by atoms with Crippen LogP contribution in [0.25, 0.3) is 44.5 Å². The first-order chi connectivity index (χ1) is 21.3. The standard InChI is InChI=1S/C42H31N/c1-5-16-32(17-6-1)36-24-15-25-39(29-36)43(42-27-14-13-26-41(42)35-22-11-4-12-23-35)40-30-37(33-18-7-2-8-19-33)28-38(31-40)34-20-9-3-10-21-34/h1-31H. The van der Waals surface area contributed by atoms with E-state index in [9.17, 15) is 0 Å². The van der Waals surface area contributed by atoms with Crippen LogP contribution in [-0.2, 0) is 0 Å². The van der Waals surface area contributed by atoms with Crippen LogP contribution < -0.4 is 4.90 Å². The maximum Gasteiger partial charge on any atom is 0.0540 e. The molecule has 0 saturated carbocycles. The zero-order valence-electron chi connectivity index (χ0n) is 23.8. The number of para-hydroxylation sites is 1. The van der Waals surface area contributed by atoms with Crippen LogP contribution in [0.1, 0.15) is 0 Å². The van der Waals surface area contributed by atoms with E-state index < -0.39 is 0 Å². The van der Waals surface area contributed by atoms with Gasteiger partial charge in [-0.3, -0.25) is 0 Å². The third-order valence-corrected chi connectivity index (χ3v) is 7.83. The van der Waals surface area contributed by atoms with Gasteiger partial charge in [0.15, 0.2) is 0 Å². The van der Waals surface area contributed by atoms with E-state index >= 15 is 0 Å². The fraction of sp³-hybridized carbons (Fsp3) is 0. The highest BCUT2D eigenvalue weighted by Gasteiger charge is 2.19. The maximum absolute atomic E-state index is 2.41. The lowest BCUT2D eigenvalue weighted by Gasteiger charge is -2.29. The predicted molar refractivity (Wildman–Crippen MR) is 183 cm³/mol. The zero-order valence-corrected chi connectivity index (χ0v) is 23.8. The van der Waals surface area contributed by atoms with Crippen LogP contribution in [0.2, 0.25) is 0 Å². The fourth-order valence-corrected chi connectivity index (χ4v) is 5.75. The third-order valence-electron chi connectivity index (χ3n) is 7.83. The molecule has 1 nitrogen and oxygen atoms in total. The van der Waals surface area contributed by atoms with Gasteiger partial charge in [-0.1, -0.05) is 152 Å². The summed E-state index contributed by atoms with van der Waals surface area (Å²) in [5.41, 5.74) is 12.8. The van der Waals surface area contributed by atoms with Crippen LogP contribution in [0.3, 0.4) is 0 Å². The highest BCUT2D eigenvalue weighted by atomic mass is 15.1. The maximum atomic E-state index is 2.41. The Hall–Kier alpha value is -5.66. The lowest BCUT2D eigenvalue weighted by Crippen LogP contribution is -2.11. The van der Waals surface area contributed by atoms with Crippen molar-refractivity contribution in [3.8, 4) is 44.5 Å². The largest absolute Gasteiger partial charge is 0.310 e. The molecule has 1 heteroatoms. The molecule has 0 saturated heterocycles. The molecular weight excluding hydrogens is 518 g/mol. The van der Waals surface area contributed by atoms with E-state index in [1.165, 1.54) is 44.5 Å². The van der Waals surface area contributed by atoms with Crippen molar-refractivity contribution in [2.45, 2.75) is 0 Å². The molecular formula is C42H31N. The summed E-state index contributed by atoms with van der Waals surface area (Å²) in [4.78, 5) is 2.41. The molecule has 0 aliphatic carbocycles. The van der Waals surface area contributed by atoms with Crippen LogP contribution >= 0.6 is 0 Å². The summed E-state index contributed by atoms with van der Waals surface area (Å²) in [5, 5.41) is 0. The Balaban J connectivity index is 1.50. The number of anilines is 3. The third kappa shape index (κ3) is 5.62. The van der Waals surface area contributed by atoms with E-state index in [2.05, 4.69) is 193 Å². The van der Waals surface area contributed by atoms with Crippen molar-refractivity contribution in [2.75, 3.05) is 4.90 Å². The monoisotopic (exact) mass is 549 g/mol. The minimum absolute atomic E-state index is 1.11. The number of hydrogen-bond acceptors (Lipinski definition) is 1. The summed E-state index contributed by atoms with van der Waals surface area (Å²) in [6.45, 7) is 0. The van der Waals surface area contributed by atoms with E-state index in [-0.39, 0.29) is 0 Å². The summed E-state index contributed by atoms with van der Waals surface area (Å²) in [7, 11) is 0. The van der Waals surface area contributed by atoms with Crippen molar-refractivity contribution >= 4 is 17.1 Å². The van der Waals surface area contributed by atoms with Gasteiger partial charge in [-0.15, -0.1) is 0 Å². The molecule has 0 unspecified atom stereocenters. The Kier molecular flexibility index (Phi) is 7.36. The molecule has 0 atom stereocenters. The Morgan fingerprint density at radius 1 is 0.256 bits per heavy atom. The molecule has 7 aromatic carbocycles. The van der Waals surface area contributed by atoms with Crippen molar-refractivity contribution < 1.29 is 0 Å². The van der Waals surface area contributed by atoms with Crippen molar-refractivity contribution in [3.63, 3.8) is 0 Å². The lowest BCUT2D eigenvalue weighted by atomic mass is 9.96. The lowest BCUT2D eigenvalue weighted by molar-refractivity contribution is 1.28. The van der Waals surface area contributed by atoms with Crippen molar-refractivity contribution in [1.82, 2.24) is 0 Å². The Morgan fingerprint density at radius 3 is 1.23 bits per heavy atom. The highest BCUT2D eigenvalue weighted by molar-refractivity contribution is 5.91. The second kappa shape index (κ2) is 12.1. The minimum atomic E-state index is 1.11. The molecule has 0 amide bonds. The van der Waals surface area contributed by atoms with Crippen LogP contribution in [0.15, 0.2) is 188 Å². The minimum Gasteiger partial charge on any atom is -0.310 e. The van der Waals surface area contributed by atoms with E-state index in [1.54, 1.807) is 0 Å². The molecule has 0 aliphatic heterocycles. The van der Waals surface area contributed by atoms with E-state index in [0.29, 0.717) is 0 Å². The molecule has 0 heterocycles. The Morgan fingerprint density at radius 2 is 0.674 bits per heavy atom. The van der Waals surface area contributed by atoms with Crippen LogP contribution in [-0.4, -0.2) is 0 Å². The van der Waals surface area contributed by atoms with Crippen molar-refractivity contribution in [1.29, 1.82) is 0 Å². The first-order valence-corrected chi connectivity index (χ1v) is 14.7. The SMILES string of the molecule is c1ccc(-c2cccc(N(c3cc(-c4ccccc4)cc(-c4ccccc4)c3)c3ccccc3-c3ccccc3)c2)cc1. The van der Waals surface area contributed by atoms with Gasteiger partial charge in [0.1, 0.15) is 0 Å². The van der Waals surface area contributed by atoms with Gasteiger partial charge in [0.25, 0.3) is 0 Å². The molecule has 0 aromatic heterocycles. The van der Waals surface area contributed by atoms with Crippen LogP contribution in [0, 0.1) is 0 Å².